The first-order valence-corrected chi connectivity index (χ1v) is 8.60. The van der Waals surface area contributed by atoms with E-state index >= 15 is 0 Å². The van der Waals surface area contributed by atoms with Crippen LogP contribution in [-0.2, 0) is 12.8 Å². The highest BCUT2D eigenvalue weighted by Gasteiger charge is 2.22. The lowest BCUT2D eigenvalue weighted by Crippen LogP contribution is -2.17. The molecule has 1 aliphatic rings. The molecule has 0 bridgehead atoms. The minimum absolute atomic E-state index is 0.801. The maximum absolute atomic E-state index is 4.49. The van der Waals surface area contributed by atoms with Crippen molar-refractivity contribution in [3.63, 3.8) is 0 Å². The second-order valence-electron chi connectivity index (χ2n) is 6.34. The number of aryl methyl sites for hydroxylation is 1. The quantitative estimate of drug-likeness (QED) is 0.861. The molecule has 114 valence electrons. The Morgan fingerprint density at radius 2 is 2.24 bits per heavy atom. The number of aromatic nitrogens is 2. The van der Waals surface area contributed by atoms with Crippen LogP contribution in [0.5, 0.6) is 0 Å². The standard InChI is InChI=1S/C16H24N4S/c1-11-5-6-12-13(9-11)21-16-14(12)15(18-10-19-16)17-7-4-8-20(2)3/h10-11H,4-9H2,1-3H3,(H,17,18,19). The zero-order valence-electron chi connectivity index (χ0n) is 13.1. The minimum atomic E-state index is 0.801. The molecule has 0 aromatic carbocycles. The summed E-state index contributed by atoms with van der Waals surface area (Å²) in [5.41, 5.74) is 1.50. The van der Waals surface area contributed by atoms with Crippen LogP contribution in [0.15, 0.2) is 6.33 Å². The van der Waals surface area contributed by atoms with E-state index in [9.17, 15) is 0 Å². The molecule has 0 fully saturated rings. The Morgan fingerprint density at radius 3 is 3.05 bits per heavy atom. The first-order valence-electron chi connectivity index (χ1n) is 7.79. The molecular weight excluding hydrogens is 280 g/mol. The van der Waals surface area contributed by atoms with Crippen molar-refractivity contribution in [3.05, 3.63) is 16.8 Å². The molecule has 2 aromatic rings. The average Bonchev–Trinajstić information content (AvgIpc) is 2.81. The highest BCUT2D eigenvalue weighted by atomic mass is 32.1. The molecule has 21 heavy (non-hydrogen) atoms. The normalized spacial score (nSPS) is 18.2. The van der Waals surface area contributed by atoms with Gasteiger partial charge >= 0.3 is 0 Å². The largest absolute Gasteiger partial charge is 0.369 e. The topological polar surface area (TPSA) is 41.1 Å². The van der Waals surface area contributed by atoms with Gasteiger partial charge in [-0.2, -0.15) is 0 Å². The molecule has 0 saturated heterocycles. The Labute approximate surface area is 130 Å². The van der Waals surface area contributed by atoms with Gasteiger partial charge in [0.25, 0.3) is 0 Å². The van der Waals surface area contributed by atoms with Gasteiger partial charge in [-0.25, -0.2) is 9.97 Å². The van der Waals surface area contributed by atoms with Gasteiger partial charge in [-0.3, -0.25) is 0 Å². The Balaban J connectivity index is 1.82. The fourth-order valence-corrected chi connectivity index (χ4v) is 4.36. The monoisotopic (exact) mass is 304 g/mol. The zero-order valence-corrected chi connectivity index (χ0v) is 14.0. The van der Waals surface area contributed by atoms with Crippen LogP contribution in [0, 0.1) is 5.92 Å². The van der Waals surface area contributed by atoms with Crippen molar-refractivity contribution < 1.29 is 0 Å². The van der Waals surface area contributed by atoms with Gasteiger partial charge in [0.2, 0.25) is 0 Å². The fraction of sp³-hybridized carbons (Fsp3) is 0.625. The van der Waals surface area contributed by atoms with E-state index in [2.05, 4.69) is 41.2 Å². The van der Waals surface area contributed by atoms with Gasteiger partial charge < -0.3 is 10.2 Å². The van der Waals surface area contributed by atoms with Crippen molar-refractivity contribution in [2.45, 2.75) is 32.6 Å². The summed E-state index contributed by atoms with van der Waals surface area (Å²) in [6.45, 7) is 4.41. The number of fused-ring (bicyclic) bond motifs is 3. The van der Waals surface area contributed by atoms with Gasteiger partial charge in [-0.1, -0.05) is 6.92 Å². The van der Waals surface area contributed by atoms with Gasteiger partial charge in [-0.05, 0) is 57.8 Å². The van der Waals surface area contributed by atoms with E-state index in [0.29, 0.717) is 0 Å². The number of thiophene rings is 1. The van der Waals surface area contributed by atoms with E-state index < -0.39 is 0 Å². The molecule has 4 nitrogen and oxygen atoms in total. The molecule has 1 unspecified atom stereocenters. The summed E-state index contributed by atoms with van der Waals surface area (Å²) >= 11 is 1.86. The zero-order chi connectivity index (χ0) is 14.8. The van der Waals surface area contributed by atoms with Crippen LogP contribution in [0.3, 0.4) is 0 Å². The van der Waals surface area contributed by atoms with E-state index in [0.717, 1.165) is 36.1 Å². The summed E-state index contributed by atoms with van der Waals surface area (Å²) in [5.74, 6) is 1.83. The summed E-state index contributed by atoms with van der Waals surface area (Å²) < 4.78 is 0. The van der Waals surface area contributed by atoms with Crippen molar-refractivity contribution in [2.75, 3.05) is 32.5 Å². The molecule has 1 aliphatic carbocycles. The number of rotatable bonds is 5. The Bertz CT molecular complexity index is 620. The van der Waals surface area contributed by atoms with Crippen molar-refractivity contribution >= 4 is 27.4 Å². The third-order valence-electron chi connectivity index (χ3n) is 4.17. The van der Waals surface area contributed by atoms with Crippen molar-refractivity contribution in [2.24, 2.45) is 5.92 Å². The lowest BCUT2D eigenvalue weighted by molar-refractivity contribution is 0.405. The smallest absolute Gasteiger partial charge is 0.138 e. The van der Waals surface area contributed by atoms with E-state index in [1.807, 2.05) is 11.3 Å². The van der Waals surface area contributed by atoms with E-state index in [4.69, 9.17) is 0 Å². The Kier molecular flexibility index (Phi) is 4.40. The lowest BCUT2D eigenvalue weighted by Gasteiger charge is -2.18. The molecule has 1 N–H and O–H groups in total. The van der Waals surface area contributed by atoms with Crippen molar-refractivity contribution in [1.82, 2.24) is 14.9 Å². The predicted molar refractivity (Wildman–Crippen MR) is 90.3 cm³/mol. The molecular formula is C16H24N4S. The number of hydrogen-bond acceptors (Lipinski definition) is 5. The maximum Gasteiger partial charge on any atom is 0.138 e. The molecule has 0 saturated carbocycles. The Hall–Kier alpha value is -1.20. The minimum Gasteiger partial charge on any atom is -0.369 e. The summed E-state index contributed by atoms with van der Waals surface area (Å²) in [6.07, 6.45) is 6.49. The van der Waals surface area contributed by atoms with Crippen molar-refractivity contribution in [1.29, 1.82) is 0 Å². The molecule has 2 aromatic heterocycles. The molecule has 0 spiro atoms. The summed E-state index contributed by atoms with van der Waals surface area (Å²) in [4.78, 5) is 13.9. The van der Waals surface area contributed by atoms with Crippen LogP contribution in [0.4, 0.5) is 5.82 Å². The number of nitrogens with zero attached hydrogens (tertiary/aromatic N) is 3. The molecule has 0 aliphatic heterocycles. The third-order valence-corrected chi connectivity index (χ3v) is 5.33. The van der Waals surface area contributed by atoms with Crippen LogP contribution in [0.1, 0.15) is 30.2 Å². The fourth-order valence-electron chi connectivity index (χ4n) is 3.01. The second-order valence-corrected chi connectivity index (χ2v) is 7.42. The average molecular weight is 304 g/mol. The highest BCUT2D eigenvalue weighted by Crippen LogP contribution is 2.39. The summed E-state index contributed by atoms with van der Waals surface area (Å²) in [5, 5.41) is 4.81. The SMILES string of the molecule is CC1CCc2c(sc3ncnc(NCCCN(C)C)c23)C1. The van der Waals surface area contributed by atoms with Crippen molar-refractivity contribution in [3.8, 4) is 0 Å². The van der Waals surface area contributed by atoms with Gasteiger partial charge in [0.1, 0.15) is 17.0 Å². The van der Waals surface area contributed by atoms with Crippen LogP contribution < -0.4 is 5.32 Å². The van der Waals surface area contributed by atoms with Crippen LogP contribution >= 0.6 is 11.3 Å². The summed E-state index contributed by atoms with van der Waals surface area (Å²) in [6, 6.07) is 0. The highest BCUT2D eigenvalue weighted by molar-refractivity contribution is 7.19. The maximum atomic E-state index is 4.49. The van der Waals surface area contributed by atoms with Gasteiger partial charge in [0.15, 0.2) is 0 Å². The first kappa shape index (κ1) is 14.7. The first-order chi connectivity index (χ1) is 10.1. The molecule has 1 atom stereocenters. The molecule has 3 rings (SSSR count). The number of hydrogen-bond donors (Lipinski definition) is 1. The molecule has 2 heterocycles. The molecule has 5 heteroatoms. The van der Waals surface area contributed by atoms with Gasteiger partial charge in [0, 0.05) is 11.4 Å². The van der Waals surface area contributed by atoms with E-state index in [-0.39, 0.29) is 0 Å². The van der Waals surface area contributed by atoms with Crippen LogP contribution in [0.25, 0.3) is 10.2 Å². The van der Waals surface area contributed by atoms with Crippen LogP contribution in [-0.4, -0.2) is 42.1 Å². The second kappa shape index (κ2) is 6.28. The number of anilines is 1. The lowest BCUT2D eigenvalue weighted by atomic mass is 9.89. The Morgan fingerprint density at radius 1 is 1.38 bits per heavy atom. The summed E-state index contributed by atoms with van der Waals surface area (Å²) in [7, 11) is 4.22. The molecule has 0 amide bonds. The van der Waals surface area contributed by atoms with Gasteiger partial charge in [-0.15, -0.1) is 11.3 Å². The predicted octanol–water partition coefficient (Wildman–Crippen LogP) is 3.18. The molecule has 0 radical (unpaired) electrons. The third kappa shape index (κ3) is 3.19. The van der Waals surface area contributed by atoms with E-state index in [1.54, 1.807) is 6.33 Å². The van der Waals surface area contributed by atoms with E-state index in [1.165, 1.54) is 35.1 Å². The van der Waals surface area contributed by atoms with Gasteiger partial charge in [0.05, 0.1) is 5.39 Å². The number of nitrogens with one attached hydrogen (secondary N) is 1. The van der Waals surface area contributed by atoms with Crippen LogP contribution in [0.2, 0.25) is 0 Å².